The van der Waals surface area contributed by atoms with E-state index < -0.39 is 22.7 Å². The topological polar surface area (TPSA) is 64.6 Å². The fraction of sp³-hybridized carbons (Fsp3) is 0.143. The maximum atomic E-state index is 12.9. The van der Waals surface area contributed by atoms with Crippen molar-refractivity contribution in [2.45, 2.75) is 23.3 Å². The van der Waals surface area contributed by atoms with Crippen LogP contribution < -0.4 is 14.2 Å². The van der Waals surface area contributed by atoms with Crippen LogP contribution in [0.25, 0.3) is 11.1 Å². The molecule has 5 nitrogen and oxygen atoms in total. The first-order valence-electron chi connectivity index (χ1n) is 8.95. The minimum absolute atomic E-state index is 0.00674. The first-order valence-corrected chi connectivity index (χ1v) is 11.3. The highest BCUT2D eigenvalue weighted by molar-refractivity contribution is 7.94. The molecule has 0 spiro atoms. The van der Waals surface area contributed by atoms with E-state index in [0.29, 0.717) is 34.5 Å². The standard InChI is InChI=1S/C21H17F2NO4S2/c1-2-5-16-15-12-13(24-30(25,26)19-8-4-11-29-19)9-10-14(15)20-17(27-16)6-3-7-18(20)28-21(22)23/h2-4,6-12,16,21,24H,1,5H2. The van der Waals surface area contributed by atoms with Gasteiger partial charge in [0.2, 0.25) is 0 Å². The number of benzene rings is 2. The number of halogens is 2. The minimum Gasteiger partial charge on any atom is -0.485 e. The second-order valence-corrected chi connectivity index (χ2v) is 9.34. The molecule has 4 rings (SSSR count). The summed E-state index contributed by atoms with van der Waals surface area (Å²) in [5.74, 6) is 0.409. The Bertz CT molecular complexity index is 1180. The van der Waals surface area contributed by atoms with Crippen LogP contribution in [0.5, 0.6) is 11.5 Å². The van der Waals surface area contributed by atoms with E-state index in [4.69, 9.17) is 4.74 Å². The van der Waals surface area contributed by atoms with Crippen LogP contribution in [0.3, 0.4) is 0 Å². The monoisotopic (exact) mass is 449 g/mol. The first kappa shape index (κ1) is 20.4. The van der Waals surface area contributed by atoms with Crippen molar-refractivity contribution in [2.75, 3.05) is 4.72 Å². The van der Waals surface area contributed by atoms with Crippen LogP contribution in [-0.2, 0) is 10.0 Å². The molecule has 1 aliphatic heterocycles. The second kappa shape index (κ2) is 8.08. The zero-order valence-corrected chi connectivity index (χ0v) is 17.2. The fourth-order valence-electron chi connectivity index (χ4n) is 3.35. The molecule has 2 heterocycles. The summed E-state index contributed by atoms with van der Waals surface area (Å²) in [5.41, 5.74) is 2.04. The highest BCUT2D eigenvalue weighted by Crippen LogP contribution is 2.49. The summed E-state index contributed by atoms with van der Waals surface area (Å²) < 4.78 is 64.3. The van der Waals surface area contributed by atoms with Crippen LogP contribution in [0.4, 0.5) is 14.5 Å². The molecule has 1 aliphatic rings. The molecule has 0 bridgehead atoms. The van der Waals surface area contributed by atoms with Gasteiger partial charge >= 0.3 is 6.61 Å². The van der Waals surface area contributed by atoms with Crippen LogP contribution in [0.2, 0.25) is 0 Å². The largest absolute Gasteiger partial charge is 0.485 e. The number of alkyl halides is 2. The van der Waals surface area contributed by atoms with Crippen molar-refractivity contribution in [3.63, 3.8) is 0 Å². The number of anilines is 1. The Kier molecular flexibility index (Phi) is 5.48. The van der Waals surface area contributed by atoms with E-state index in [-0.39, 0.29) is 9.96 Å². The third-order valence-corrected chi connectivity index (χ3v) is 7.31. The Morgan fingerprint density at radius 3 is 2.77 bits per heavy atom. The summed E-state index contributed by atoms with van der Waals surface area (Å²) in [6, 6.07) is 12.8. The van der Waals surface area contributed by atoms with Gasteiger partial charge in [-0.05, 0) is 41.3 Å². The summed E-state index contributed by atoms with van der Waals surface area (Å²) in [7, 11) is -3.73. The number of ether oxygens (including phenoxy) is 2. The van der Waals surface area contributed by atoms with Crippen molar-refractivity contribution >= 4 is 27.0 Å². The summed E-state index contributed by atoms with van der Waals surface area (Å²) in [4.78, 5) is 0. The highest BCUT2D eigenvalue weighted by Gasteiger charge is 2.29. The number of thiophene rings is 1. The predicted molar refractivity (Wildman–Crippen MR) is 112 cm³/mol. The van der Waals surface area contributed by atoms with Gasteiger partial charge in [-0.25, -0.2) is 8.42 Å². The quantitative estimate of drug-likeness (QED) is 0.461. The average molecular weight is 450 g/mol. The summed E-state index contributed by atoms with van der Waals surface area (Å²) in [5, 5.41) is 1.68. The molecule has 1 N–H and O–H groups in total. The zero-order chi connectivity index (χ0) is 21.3. The lowest BCUT2D eigenvalue weighted by molar-refractivity contribution is -0.0496. The molecule has 0 fully saturated rings. The van der Waals surface area contributed by atoms with Crippen molar-refractivity contribution in [3.8, 4) is 22.6 Å². The maximum Gasteiger partial charge on any atom is 0.387 e. The Balaban J connectivity index is 1.79. The molecule has 0 saturated heterocycles. The van der Waals surface area contributed by atoms with Crippen LogP contribution in [0.15, 0.2) is 70.8 Å². The molecule has 30 heavy (non-hydrogen) atoms. The molecule has 0 aliphatic carbocycles. The van der Waals surface area contributed by atoms with E-state index in [2.05, 4.69) is 16.0 Å². The van der Waals surface area contributed by atoms with Gasteiger partial charge in [-0.2, -0.15) is 8.78 Å². The normalized spacial score (nSPS) is 15.1. The molecule has 156 valence electrons. The van der Waals surface area contributed by atoms with Crippen LogP contribution in [0, 0.1) is 0 Å². The lowest BCUT2D eigenvalue weighted by Gasteiger charge is -2.30. The highest BCUT2D eigenvalue weighted by atomic mass is 32.2. The number of hydrogen-bond acceptors (Lipinski definition) is 5. The molecule has 1 aromatic heterocycles. The van der Waals surface area contributed by atoms with Gasteiger partial charge in [-0.3, -0.25) is 4.72 Å². The minimum atomic E-state index is -3.73. The van der Waals surface area contributed by atoms with Gasteiger partial charge in [0.15, 0.2) is 0 Å². The molecule has 9 heteroatoms. The van der Waals surface area contributed by atoms with E-state index in [0.717, 1.165) is 11.3 Å². The molecule has 0 saturated carbocycles. The Morgan fingerprint density at radius 1 is 1.23 bits per heavy atom. The van der Waals surface area contributed by atoms with Crippen LogP contribution in [-0.4, -0.2) is 15.0 Å². The Morgan fingerprint density at radius 2 is 2.07 bits per heavy atom. The van der Waals surface area contributed by atoms with Crippen molar-refractivity contribution in [2.24, 2.45) is 0 Å². The third-order valence-electron chi connectivity index (χ3n) is 4.53. The summed E-state index contributed by atoms with van der Waals surface area (Å²) in [6.07, 6.45) is 1.69. The smallest absolute Gasteiger partial charge is 0.387 e. The van der Waals surface area contributed by atoms with E-state index in [1.54, 1.807) is 47.9 Å². The molecule has 0 amide bonds. The van der Waals surface area contributed by atoms with Crippen molar-refractivity contribution < 1.29 is 26.7 Å². The van der Waals surface area contributed by atoms with E-state index in [1.807, 2.05) is 0 Å². The van der Waals surface area contributed by atoms with Gasteiger partial charge < -0.3 is 9.47 Å². The number of nitrogens with one attached hydrogen (secondary N) is 1. The lowest BCUT2D eigenvalue weighted by atomic mass is 9.90. The molecule has 2 aromatic carbocycles. The van der Waals surface area contributed by atoms with Crippen molar-refractivity contribution in [3.05, 3.63) is 72.1 Å². The van der Waals surface area contributed by atoms with E-state index in [9.17, 15) is 17.2 Å². The van der Waals surface area contributed by atoms with Gasteiger partial charge in [-0.1, -0.05) is 24.3 Å². The number of fused-ring (bicyclic) bond motifs is 3. The first-order chi connectivity index (χ1) is 14.4. The second-order valence-electron chi connectivity index (χ2n) is 6.48. The molecule has 0 radical (unpaired) electrons. The van der Waals surface area contributed by atoms with Crippen molar-refractivity contribution in [1.29, 1.82) is 0 Å². The molecule has 3 aromatic rings. The molecular weight excluding hydrogens is 432 g/mol. The maximum absolute atomic E-state index is 12.9. The van der Waals surface area contributed by atoms with Gasteiger partial charge in [0, 0.05) is 17.7 Å². The van der Waals surface area contributed by atoms with Crippen LogP contribution >= 0.6 is 11.3 Å². The molecule has 1 atom stereocenters. The number of rotatable bonds is 7. The van der Waals surface area contributed by atoms with Crippen molar-refractivity contribution in [1.82, 2.24) is 0 Å². The number of hydrogen-bond donors (Lipinski definition) is 1. The summed E-state index contributed by atoms with van der Waals surface area (Å²) in [6.45, 7) is 0.759. The number of sulfonamides is 1. The third kappa shape index (κ3) is 3.90. The van der Waals surface area contributed by atoms with Gasteiger partial charge in [0.05, 0.1) is 5.56 Å². The summed E-state index contributed by atoms with van der Waals surface area (Å²) >= 11 is 1.11. The van der Waals surface area contributed by atoms with Gasteiger partial charge in [0.25, 0.3) is 10.0 Å². The van der Waals surface area contributed by atoms with Crippen LogP contribution in [0.1, 0.15) is 18.1 Å². The SMILES string of the molecule is C=CCC1Oc2cccc(OC(F)F)c2-c2ccc(NS(=O)(=O)c3cccs3)cc21. The zero-order valence-electron chi connectivity index (χ0n) is 15.5. The Hall–Kier alpha value is -2.91. The average Bonchev–Trinajstić information content (AvgIpc) is 3.23. The lowest BCUT2D eigenvalue weighted by Crippen LogP contribution is -2.16. The molecular formula is C21H17F2NO4S2. The van der Waals surface area contributed by atoms with E-state index in [1.165, 1.54) is 12.1 Å². The van der Waals surface area contributed by atoms with E-state index >= 15 is 0 Å². The van der Waals surface area contributed by atoms with Gasteiger partial charge in [0.1, 0.15) is 21.8 Å². The predicted octanol–water partition coefficient (Wildman–Crippen LogP) is 5.83. The van der Waals surface area contributed by atoms with Gasteiger partial charge in [-0.15, -0.1) is 17.9 Å². The Labute approximate surface area is 176 Å². The fourth-order valence-corrected chi connectivity index (χ4v) is 5.40. The molecule has 1 unspecified atom stereocenters.